The van der Waals surface area contributed by atoms with Gasteiger partial charge >= 0.3 is 12.2 Å². The number of hydrogen-bond acceptors (Lipinski definition) is 9. The van der Waals surface area contributed by atoms with Crippen molar-refractivity contribution >= 4 is 45.8 Å². The number of aryl methyl sites for hydroxylation is 2. The van der Waals surface area contributed by atoms with Crippen LogP contribution in [0.4, 0.5) is 9.59 Å². The second-order valence-electron chi connectivity index (χ2n) is 18.4. The summed E-state index contributed by atoms with van der Waals surface area (Å²) < 4.78 is 15.3. The molecular weight excluding hydrogens is 801 g/mol. The number of aromatic nitrogens is 4. The lowest BCUT2D eigenvalue weighted by Crippen LogP contribution is -2.54. The molecule has 3 aromatic carbocycles. The van der Waals surface area contributed by atoms with Crippen LogP contribution in [-0.2, 0) is 36.6 Å². The third kappa shape index (κ3) is 7.37. The Labute approximate surface area is 366 Å². The molecule has 15 nitrogen and oxygen atoms in total. The van der Waals surface area contributed by atoms with Crippen molar-refractivity contribution in [3.05, 3.63) is 71.4 Å². The van der Waals surface area contributed by atoms with Gasteiger partial charge in [0.25, 0.3) is 0 Å². The maximum absolute atomic E-state index is 14.2. The Morgan fingerprint density at radius 2 is 1.60 bits per heavy atom. The van der Waals surface area contributed by atoms with Crippen LogP contribution in [0.2, 0.25) is 0 Å². The predicted molar refractivity (Wildman–Crippen MR) is 235 cm³/mol. The minimum Gasteiger partial charge on any atom is -0.453 e. The first-order chi connectivity index (χ1) is 30.6. The van der Waals surface area contributed by atoms with Crippen molar-refractivity contribution in [1.29, 1.82) is 0 Å². The number of likely N-dealkylation sites (tertiary alicyclic amines) is 2. The molecule has 4 amide bonds. The highest BCUT2D eigenvalue weighted by Gasteiger charge is 2.52. The number of ether oxygens (including phenoxy) is 3. The molecule has 330 valence electrons. The standard InChI is InChI=1S/C48H56N8O7/c1-25(2)38(53-47(59)61-3)46(58)56-32-12-7-31(24-32)42(56)44-50-36-16-11-30-23-28(9-14-34(30)41(36)52-44)27-8-13-33-29(22-27)10-15-35-40(33)51-43(49-35)37-6-5-19-55(37)45(57)39(54-48(60)62-4)26-17-20-63-21-18-26/h8-10,13-15,22-23,25-26,31-32,37-39,42H,5-7,11-12,16-21,24H2,1-4H3,(H,49,51)(H,50,52)(H,53,59)(H,54,60)/t31-,32+,37-,38-,39-,42-/m0/s1. The van der Waals surface area contributed by atoms with Gasteiger partial charge in [0.2, 0.25) is 11.8 Å². The van der Waals surface area contributed by atoms with Gasteiger partial charge in [0, 0.05) is 36.8 Å². The highest BCUT2D eigenvalue weighted by molar-refractivity contribution is 6.05. The Hall–Kier alpha value is -5.96. The average Bonchev–Trinajstić information content (AvgIpc) is 4.17. The molecule has 1 saturated carbocycles. The molecule has 3 saturated heterocycles. The normalized spacial score (nSPS) is 22.9. The zero-order valence-corrected chi connectivity index (χ0v) is 36.4. The van der Waals surface area contributed by atoms with Crippen LogP contribution in [0.25, 0.3) is 44.2 Å². The highest BCUT2D eigenvalue weighted by atomic mass is 16.5. The molecule has 4 N–H and O–H groups in total. The summed E-state index contributed by atoms with van der Waals surface area (Å²) in [5.74, 6) is 1.59. The third-order valence-electron chi connectivity index (χ3n) is 14.5. The van der Waals surface area contributed by atoms with Gasteiger partial charge in [-0.15, -0.1) is 0 Å². The number of aromatic amines is 2. The monoisotopic (exact) mass is 856 g/mol. The fraction of sp³-hybridized carbons (Fsp3) is 0.500. The summed E-state index contributed by atoms with van der Waals surface area (Å²) in [5.41, 5.74) is 8.47. The molecule has 0 spiro atoms. The summed E-state index contributed by atoms with van der Waals surface area (Å²) in [6, 6.07) is 15.7. The molecule has 0 radical (unpaired) electrons. The van der Waals surface area contributed by atoms with E-state index >= 15 is 0 Å². The van der Waals surface area contributed by atoms with Crippen LogP contribution < -0.4 is 10.6 Å². The maximum Gasteiger partial charge on any atom is 0.407 e. The molecule has 5 aliphatic rings. The lowest BCUT2D eigenvalue weighted by Gasteiger charge is -2.37. The van der Waals surface area contributed by atoms with Crippen LogP contribution in [0.15, 0.2) is 48.5 Å². The molecule has 6 atom stereocenters. The zero-order chi connectivity index (χ0) is 43.5. The molecule has 2 aromatic heterocycles. The number of benzene rings is 3. The van der Waals surface area contributed by atoms with Crippen molar-refractivity contribution in [2.24, 2.45) is 17.8 Å². The van der Waals surface area contributed by atoms with Gasteiger partial charge in [0.1, 0.15) is 23.7 Å². The van der Waals surface area contributed by atoms with E-state index in [1.807, 2.05) is 29.7 Å². The van der Waals surface area contributed by atoms with Crippen LogP contribution >= 0.6 is 0 Å². The Bertz CT molecular complexity index is 2600. The van der Waals surface area contributed by atoms with Crippen molar-refractivity contribution in [1.82, 2.24) is 40.4 Å². The molecule has 2 bridgehead atoms. The third-order valence-corrected chi connectivity index (χ3v) is 14.5. The van der Waals surface area contributed by atoms with E-state index in [9.17, 15) is 19.2 Å². The number of carbonyl (C=O) groups is 4. The second-order valence-corrected chi connectivity index (χ2v) is 18.4. The van der Waals surface area contributed by atoms with Gasteiger partial charge in [-0.3, -0.25) is 9.59 Å². The van der Waals surface area contributed by atoms with Crippen molar-refractivity contribution in [2.45, 2.75) is 102 Å². The van der Waals surface area contributed by atoms with Gasteiger partial charge < -0.3 is 44.6 Å². The van der Waals surface area contributed by atoms with Crippen LogP contribution in [0.1, 0.15) is 93.8 Å². The van der Waals surface area contributed by atoms with E-state index in [0.717, 1.165) is 106 Å². The summed E-state index contributed by atoms with van der Waals surface area (Å²) in [7, 11) is 2.63. The number of piperidine rings is 1. The van der Waals surface area contributed by atoms with E-state index in [-0.39, 0.29) is 41.8 Å². The molecule has 4 fully saturated rings. The number of nitrogens with zero attached hydrogens (tertiary/aromatic N) is 4. The van der Waals surface area contributed by atoms with E-state index in [1.54, 1.807) is 0 Å². The van der Waals surface area contributed by atoms with Crippen molar-refractivity contribution in [3.63, 3.8) is 0 Å². The first-order valence-electron chi connectivity index (χ1n) is 22.6. The van der Waals surface area contributed by atoms with Gasteiger partial charge in [0.05, 0.1) is 48.7 Å². The van der Waals surface area contributed by atoms with E-state index < -0.39 is 24.3 Å². The summed E-state index contributed by atoms with van der Waals surface area (Å²) in [6.45, 7) is 5.60. The zero-order valence-electron chi connectivity index (χ0n) is 36.4. The van der Waals surface area contributed by atoms with Crippen molar-refractivity contribution in [3.8, 4) is 22.4 Å². The Morgan fingerprint density at radius 1 is 0.825 bits per heavy atom. The number of imidazole rings is 2. The molecule has 0 unspecified atom stereocenters. The first-order valence-corrected chi connectivity index (χ1v) is 22.6. The maximum atomic E-state index is 14.2. The molecule has 10 rings (SSSR count). The van der Waals surface area contributed by atoms with Gasteiger partial charge in [0.15, 0.2) is 0 Å². The fourth-order valence-electron chi connectivity index (χ4n) is 11.2. The van der Waals surface area contributed by atoms with Gasteiger partial charge in [-0.05, 0) is 110 Å². The van der Waals surface area contributed by atoms with E-state index in [0.29, 0.717) is 38.5 Å². The topological polar surface area (TPSA) is 184 Å². The minimum absolute atomic E-state index is 0.0316. The highest BCUT2D eigenvalue weighted by Crippen LogP contribution is 2.51. The molecule has 5 heterocycles. The van der Waals surface area contributed by atoms with Gasteiger partial charge in [-0.2, -0.15) is 0 Å². The molecule has 5 aromatic rings. The average molecular weight is 857 g/mol. The summed E-state index contributed by atoms with van der Waals surface area (Å²) >= 11 is 0. The largest absolute Gasteiger partial charge is 0.453 e. The Balaban J connectivity index is 0.893. The van der Waals surface area contributed by atoms with Crippen molar-refractivity contribution in [2.75, 3.05) is 34.0 Å². The summed E-state index contributed by atoms with van der Waals surface area (Å²) in [6.07, 6.45) is 6.42. The number of rotatable bonds is 9. The smallest absolute Gasteiger partial charge is 0.407 e. The number of fused-ring (bicyclic) bond motifs is 8. The van der Waals surface area contributed by atoms with Crippen LogP contribution in [0, 0.1) is 17.8 Å². The number of methoxy groups -OCH3 is 2. The quantitative estimate of drug-likeness (QED) is 0.120. The SMILES string of the molecule is COC(=O)N[C@H](C(=O)N1[C@@H]2CC[C@@H](C2)[C@H]1c1nc2c([nH]1)-c1ccc(-c3ccc4c(ccc5nc([C@@H]6CCCN6C(=O)[C@@H](NC(=O)OC)C6CCOCC6)[nH]c54)c3)cc1CC2)C(C)C. The van der Waals surface area contributed by atoms with E-state index in [2.05, 4.69) is 63.1 Å². The summed E-state index contributed by atoms with van der Waals surface area (Å²) in [5, 5.41) is 7.77. The lowest BCUT2D eigenvalue weighted by molar-refractivity contribution is -0.139. The second kappa shape index (κ2) is 16.6. The van der Waals surface area contributed by atoms with Crippen LogP contribution in [-0.4, -0.2) is 106 Å². The Morgan fingerprint density at radius 3 is 2.40 bits per heavy atom. The molecular formula is C48H56N8O7. The van der Waals surface area contributed by atoms with Crippen molar-refractivity contribution < 1.29 is 33.4 Å². The fourth-order valence-corrected chi connectivity index (χ4v) is 11.2. The Kier molecular flexibility index (Phi) is 10.8. The minimum atomic E-state index is -0.690. The molecule has 3 aliphatic heterocycles. The van der Waals surface area contributed by atoms with Gasteiger partial charge in [-0.25, -0.2) is 19.6 Å². The number of alkyl carbamates (subject to hydrolysis) is 2. The molecule has 2 aliphatic carbocycles. The lowest BCUT2D eigenvalue weighted by atomic mass is 9.89. The summed E-state index contributed by atoms with van der Waals surface area (Å²) in [4.78, 5) is 74.3. The predicted octanol–water partition coefficient (Wildman–Crippen LogP) is 7.12. The molecule has 63 heavy (non-hydrogen) atoms. The van der Waals surface area contributed by atoms with Crippen LogP contribution in [0.5, 0.6) is 0 Å². The number of amides is 4. The number of hydrogen-bond donors (Lipinski definition) is 4. The van der Waals surface area contributed by atoms with E-state index in [4.69, 9.17) is 24.2 Å². The first kappa shape index (κ1) is 41.1. The number of nitrogens with one attached hydrogen (secondary N) is 4. The number of H-pyrrole nitrogens is 2. The number of carbonyl (C=O) groups excluding carboxylic acids is 4. The van der Waals surface area contributed by atoms with Crippen LogP contribution in [0.3, 0.4) is 0 Å². The molecule has 15 heteroatoms. The van der Waals surface area contributed by atoms with Gasteiger partial charge in [-0.1, -0.05) is 50.2 Å². The van der Waals surface area contributed by atoms with E-state index in [1.165, 1.54) is 19.8 Å².